The lowest BCUT2D eigenvalue weighted by Gasteiger charge is -2.08. The predicted molar refractivity (Wildman–Crippen MR) is 96.7 cm³/mol. The first-order valence-electron chi connectivity index (χ1n) is 8.01. The summed E-state index contributed by atoms with van der Waals surface area (Å²) in [6.45, 7) is 9.51. The van der Waals surface area contributed by atoms with E-state index in [-0.39, 0.29) is 11.9 Å². The summed E-state index contributed by atoms with van der Waals surface area (Å²) in [5, 5.41) is 7.49. The summed E-state index contributed by atoms with van der Waals surface area (Å²) < 4.78 is 5.11. The van der Waals surface area contributed by atoms with Gasteiger partial charge >= 0.3 is 0 Å². The highest BCUT2D eigenvalue weighted by molar-refractivity contribution is 7.17. The van der Waals surface area contributed by atoms with Crippen LogP contribution in [0, 0.1) is 27.7 Å². The van der Waals surface area contributed by atoms with E-state index < -0.39 is 0 Å². The number of aryl methyl sites for hydroxylation is 4. The zero-order chi connectivity index (χ0) is 18.1. The molecule has 3 aromatic rings. The lowest BCUT2D eigenvalue weighted by atomic mass is 10.1. The smallest absolute Gasteiger partial charge is 0.263 e. The Morgan fingerprint density at radius 2 is 1.96 bits per heavy atom. The first-order valence-corrected chi connectivity index (χ1v) is 8.83. The van der Waals surface area contributed by atoms with E-state index in [1.54, 1.807) is 6.92 Å². The maximum Gasteiger partial charge on any atom is 0.263 e. The maximum atomic E-state index is 12.6. The van der Waals surface area contributed by atoms with Crippen molar-refractivity contribution in [2.75, 3.05) is 0 Å². The van der Waals surface area contributed by atoms with Gasteiger partial charge in [0, 0.05) is 5.56 Å². The molecular formula is C18H20N4O2S. The zero-order valence-electron chi connectivity index (χ0n) is 14.9. The monoisotopic (exact) mass is 356 g/mol. The van der Waals surface area contributed by atoms with Gasteiger partial charge < -0.3 is 9.84 Å². The van der Waals surface area contributed by atoms with Crippen molar-refractivity contribution in [3.8, 4) is 10.6 Å². The van der Waals surface area contributed by atoms with E-state index in [1.165, 1.54) is 16.9 Å². The van der Waals surface area contributed by atoms with Gasteiger partial charge in [-0.15, -0.1) is 11.3 Å². The normalized spacial score (nSPS) is 12.2. The molecule has 1 aromatic carbocycles. The topological polar surface area (TPSA) is 80.9 Å². The summed E-state index contributed by atoms with van der Waals surface area (Å²) in [5.41, 5.74) is 4.12. The summed E-state index contributed by atoms with van der Waals surface area (Å²) in [7, 11) is 0. The third-order valence-corrected chi connectivity index (χ3v) is 5.07. The number of thiazole rings is 1. The van der Waals surface area contributed by atoms with Gasteiger partial charge in [-0.25, -0.2) is 4.98 Å². The quantitative estimate of drug-likeness (QED) is 0.766. The van der Waals surface area contributed by atoms with Crippen LogP contribution < -0.4 is 5.32 Å². The number of nitrogens with one attached hydrogen (secondary N) is 1. The molecule has 3 rings (SSSR count). The molecule has 0 bridgehead atoms. The summed E-state index contributed by atoms with van der Waals surface area (Å²) >= 11 is 1.39. The van der Waals surface area contributed by atoms with Gasteiger partial charge in [0.1, 0.15) is 15.9 Å². The molecule has 0 aliphatic rings. The van der Waals surface area contributed by atoms with Crippen LogP contribution >= 0.6 is 11.3 Å². The predicted octanol–water partition coefficient (Wildman–Crippen LogP) is 3.92. The molecule has 1 N–H and O–H groups in total. The average molecular weight is 356 g/mol. The van der Waals surface area contributed by atoms with Gasteiger partial charge in [-0.05, 0) is 40.2 Å². The second kappa shape index (κ2) is 6.76. The number of rotatable bonds is 4. The molecule has 0 fully saturated rings. The van der Waals surface area contributed by atoms with Crippen molar-refractivity contribution < 1.29 is 9.32 Å². The minimum atomic E-state index is -0.361. The van der Waals surface area contributed by atoms with Crippen LogP contribution in [-0.2, 0) is 0 Å². The standard InChI is InChI=1S/C18H20N4O2S/c1-9-6-7-14(10(2)8-9)18-20-11(3)15(25-18)16(23)19-12(4)17-21-13(5)22-24-17/h6-8,12H,1-5H3,(H,19,23). The molecule has 1 atom stereocenters. The molecule has 0 aliphatic heterocycles. The molecular weight excluding hydrogens is 336 g/mol. The summed E-state index contributed by atoms with van der Waals surface area (Å²) in [5.74, 6) is 0.749. The molecule has 1 amide bonds. The second-order valence-corrected chi connectivity index (χ2v) is 7.13. The minimum absolute atomic E-state index is 0.186. The lowest BCUT2D eigenvalue weighted by Crippen LogP contribution is -2.26. The Balaban J connectivity index is 1.83. The molecule has 25 heavy (non-hydrogen) atoms. The van der Waals surface area contributed by atoms with Gasteiger partial charge in [-0.3, -0.25) is 4.79 Å². The first kappa shape index (κ1) is 17.3. The molecule has 1 unspecified atom stereocenters. The lowest BCUT2D eigenvalue weighted by molar-refractivity contribution is 0.0936. The molecule has 0 spiro atoms. The van der Waals surface area contributed by atoms with Crippen molar-refractivity contribution in [2.24, 2.45) is 0 Å². The van der Waals surface area contributed by atoms with Crippen LogP contribution in [0.1, 0.15) is 51.2 Å². The fourth-order valence-electron chi connectivity index (χ4n) is 2.59. The van der Waals surface area contributed by atoms with Gasteiger partial charge in [0.25, 0.3) is 5.91 Å². The first-order chi connectivity index (χ1) is 11.8. The molecule has 130 valence electrons. The summed E-state index contributed by atoms with van der Waals surface area (Å²) in [4.78, 5) is 21.9. The number of hydrogen-bond donors (Lipinski definition) is 1. The van der Waals surface area contributed by atoms with Crippen LogP contribution in [0.4, 0.5) is 0 Å². The fourth-order valence-corrected chi connectivity index (χ4v) is 3.65. The average Bonchev–Trinajstić information content (AvgIpc) is 3.13. The molecule has 0 saturated carbocycles. The van der Waals surface area contributed by atoms with Gasteiger partial charge in [0.15, 0.2) is 5.82 Å². The summed E-state index contributed by atoms with van der Waals surface area (Å²) in [6.07, 6.45) is 0. The Morgan fingerprint density at radius 3 is 2.60 bits per heavy atom. The van der Waals surface area contributed by atoms with E-state index in [1.807, 2.05) is 13.8 Å². The number of nitrogens with zero attached hydrogens (tertiary/aromatic N) is 3. The fraction of sp³-hybridized carbons (Fsp3) is 0.333. The Morgan fingerprint density at radius 1 is 1.20 bits per heavy atom. The van der Waals surface area contributed by atoms with E-state index in [2.05, 4.69) is 52.5 Å². The van der Waals surface area contributed by atoms with Crippen molar-refractivity contribution in [3.63, 3.8) is 0 Å². The molecule has 6 nitrogen and oxygen atoms in total. The highest BCUT2D eigenvalue weighted by atomic mass is 32.1. The highest BCUT2D eigenvalue weighted by Crippen LogP contribution is 2.31. The van der Waals surface area contributed by atoms with E-state index in [4.69, 9.17) is 4.52 Å². The van der Waals surface area contributed by atoms with E-state index in [0.29, 0.717) is 22.3 Å². The molecule has 2 heterocycles. The van der Waals surface area contributed by atoms with Crippen molar-refractivity contribution in [2.45, 2.75) is 40.7 Å². The van der Waals surface area contributed by atoms with Crippen LogP contribution in [0.3, 0.4) is 0 Å². The molecule has 2 aromatic heterocycles. The van der Waals surface area contributed by atoms with Gasteiger partial charge in [0.05, 0.1) is 5.69 Å². The third kappa shape index (κ3) is 3.61. The Hall–Kier alpha value is -2.54. The van der Waals surface area contributed by atoms with Crippen molar-refractivity contribution in [3.05, 3.63) is 51.6 Å². The van der Waals surface area contributed by atoms with Crippen LogP contribution in [0.15, 0.2) is 22.7 Å². The number of carbonyl (C=O) groups excluding carboxylic acids is 1. The number of amides is 1. The Kier molecular flexibility index (Phi) is 4.67. The van der Waals surface area contributed by atoms with Gasteiger partial charge in [0.2, 0.25) is 5.89 Å². The van der Waals surface area contributed by atoms with Crippen LogP contribution in [0.2, 0.25) is 0 Å². The van der Waals surface area contributed by atoms with E-state index in [9.17, 15) is 4.79 Å². The second-order valence-electron chi connectivity index (χ2n) is 6.13. The maximum absolute atomic E-state index is 12.6. The molecule has 0 aliphatic carbocycles. The van der Waals surface area contributed by atoms with Crippen LogP contribution in [0.25, 0.3) is 10.6 Å². The Bertz CT molecular complexity index is 929. The van der Waals surface area contributed by atoms with Crippen LogP contribution in [-0.4, -0.2) is 21.0 Å². The van der Waals surface area contributed by atoms with Crippen LogP contribution in [0.5, 0.6) is 0 Å². The highest BCUT2D eigenvalue weighted by Gasteiger charge is 2.21. The van der Waals surface area contributed by atoms with Gasteiger partial charge in [-0.2, -0.15) is 4.98 Å². The largest absolute Gasteiger partial charge is 0.340 e. The third-order valence-electron chi connectivity index (χ3n) is 3.88. The molecule has 0 saturated heterocycles. The van der Waals surface area contributed by atoms with Crippen molar-refractivity contribution in [1.29, 1.82) is 0 Å². The molecule has 0 radical (unpaired) electrons. The molecule has 7 heteroatoms. The SMILES string of the molecule is Cc1ccc(-c2nc(C)c(C(=O)NC(C)c3nc(C)no3)s2)c(C)c1. The number of hydrogen-bond acceptors (Lipinski definition) is 6. The van der Waals surface area contributed by atoms with Crippen molar-refractivity contribution in [1.82, 2.24) is 20.4 Å². The zero-order valence-corrected chi connectivity index (χ0v) is 15.7. The summed E-state index contributed by atoms with van der Waals surface area (Å²) in [6, 6.07) is 5.86. The number of aromatic nitrogens is 3. The van der Waals surface area contributed by atoms with Gasteiger partial charge in [-0.1, -0.05) is 28.9 Å². The van der Waals surface area contributed by atoms with Crippen molar-refractivity contribution >= 4 is 17.2 Å². The Labute approximate surface area is 150 Å². The minimum Gasteiger partial charge on any atom is -0.340 e. The van der Waals surface area contributed by atoms with E-state index in [0.717, 1.165) is 16.1 Å². The number of carbonyl (C=O) groups is 1. The number of benzene rings is 1. The van der Waals surface area contributed by atoms with E-state index >= 15 is 0 Å².